The lowest BCUT2D eigenvalue weighted by Gasteiger charge is -2.31. The number of aromatic nitrogens is 2. The van der Waals surface area contributed by atoms with Crippen LogP contribution in [0.25, 0.3) is 16.0 Å². The van der Waals surface area contributed by atoms with E-state index < -0.39 is 5.56 Å². The Morgan fingerprint density at radius 3 is 2.54 bits per heavy atom. The SMILES string of the molecule is N=C(N)NCCCNCCCNC(=O)c1cc2c(nc(N)c(=O)n2-c2ccc3c(c2)N(c2ccccc2)CCO3)s1. The Morgan fingerprint density at radius 2 is 1.78 bits per heavy atom. The van der Waals surface area contributed by atoms with Crippen molar-refractivity contribution in [3.8, 4) is 11.4 Å². The standard InChI is InChI=1S/C28H33N9O3S/c29-24-27(39)37(19-8-9-22-20(16-19)36(14-15-40-22)18-6-2-1-3-7-18)21-17-23(41-26(21)35-24)25(38)33-12-4-10-32-11-5-13-34-28(30)31/h1-3,6-9,16-17,32H,4-5,10-15H2,(H2,29,35)(H,33,38)(H4,30,31,34). The molecule has 2 aromatic carbocycles. The summed E-state index contributed by atoms with van der Waals surface area (Å²) in [7, 11) is 0. The van der Waals surface area contributed by atoms with E-state index in [0.29, 0.717) is 47.2 Å². The number of nitrogen functional groups attached to an aromatic ring is 1. The molecule has 13 heteroatoms. The van der Waals surface area contributed by atoms with Crippen LogP contribution in [-0.2, 0) is 0 Å². The molecule has 0 radical (unpaired) electrons. The van der Waals surface area contributed by atoms with E-state index in [0.717, 1.165) is 43.1 Å². The molecule has 0 bridgehead atoms. The lowest BCUT2D eigenvalue weighted by molar-refractivity contribution is 0.0957. The third-order valence-electron chi connectivity index (χ3n) is 6.60. The molecule has 1 amide bonds. The van der Waals surface area contributed by atoms with E-state index in [9.17, 15) is 9.59 Å². The maximum Gasteiger partial charge on any atom is 0.298 e. The molecule has 5 rings (SSSR count). The summed E-state index contributed by atoms with van der Waals surface area (Å²) in [6, 6.07) is 17.3. The Bertz CT molecular complexity index is 1600. The number of rotatable bonds is 11. The first-order valence-electron chi connectivity index (χ1n) is 13.4. The van der Waals surface area contributed by atoms with Crippen molar-refractivity contribution >= 4 is 50.7 Å². The number of amides is 1. The van der Waals surface area contributed by atoms with Crippen LogP contribution in [0.5, 0.6) is 5.75 Å². The fourth-order valence-electron chi connectivity index (χ4n) is 4.65. The number of anilines is 3. The largest absolute Gasteiger partial charge is 0.490 e. The third-order valence-corrected chi connectivity index (χ3v) is 7.61. The van der Waals surface area contributed by atoms with Crippen LogP contribution in [0.3, 0.4) is 0 Å². The van der Waals surface area contributed by atoms with E-state index in [1.807, 2.05) is 48.5 Å². The van der Waals surface area contributed by atoms with E-state index in [1.165, 1.54) is 15.9 Å². The molecule has 1 aliphatic heterocycles. The second-order valence-corrected chi connectivity index (χ2v) is 10.5. The van der Waals surface area contributed by atoms with Crippen LogP contribution in [0.4, 0.5) is 17.2 Å². The van der Waals surface area contributed by atoms with Crippen LogP contribution in [-0.4, -0.2) is 60.7 Å². The van der Waals surface area contributed by atoms with Gasteiger partial charge in [0.1, 0.15) is 17.2 Å². The van der Waals surface area contributed by atoms with Gasteiger partial charge in [0.05, 0.1) is 28.3 Å². The van der Waals surface area contributed by atoms with Crippen molar-refractivity contribution in [2.45, 2.75) is 12.8 Å². The summed E-state index contributed by atoms with van der Waals surface area (Å²) >= 11 is 1.19. The van der Waals surface area contributed by atoms with Crippen molar-refractivity contribution in [1.29, 1.82) is 5.41 Å². The lowest BCUT2D eigenvalue weighted by atomic mass is 10.1. The molecule has 0 atom stereocenters. The third kappa shape index (κ3) is 6.42. The molecule has 1 aliphatic rings. The molecule has 3 heterocycles. The highest BCUT2D eigenvalue weighted by atomic mass is 32.1. The van der Waals surface area contributed by atoms with Crippen molar-refractivity contribution in [3.63, 3.8) is 0 Å². The minimum absolute atomic E-state index is 0.0316. The van der Waals surface area contributed by atoms with E-state index in [2.05, 4.69) is 25.8 Å². The first-order valence-corrected chi connectivity index (χ1v) is 14.2. The molecule has 214 valence electrons. The van der Waals surface area contributed by atoms with Crippen LogP contribution in [0.2, 0.25) is 0 Å². The number of nitrogens with zero attached hydrogens (tertiary/aromatic N) is 3. The van der Waals surface area contributed by atoms with Crippen LogP contribution in [0.15, 0.2) is 59.4 Å². The van der Waals surface area contributed by atoms with Gasteiger partial charge < -0.3 is 37.1 Å². The second-order valence-electron chi connectivity index (χ2n) is 9.48. The van der Waals surface area contributed by atoms with Gasteiger partial charge in [0.15, 0.2) is 11.8 Å². The van der Waals surface area contributed by atoms with Gasteiger partial charge in [-0.05, 0) is 62.3 Å². The Morgan fingerprint density at radius 1 is 1.02 bits per heavy atom. The molecule has 0 saturated carbocycles. The molecule has 41 heavy (non-hydrogen) atoms. The molecular formula is C28H33N9O3S. The number of hydrogen-bond donors (Lipinski definition) is 6. The van der Waals surface area contributed by atoms with Gasteiger partial charge in [0.25, 0.3) is 11.5 Å². The molecule has 0 aliphatic carbocycles. The summed E-state index contributed by atoms with van der Waals surface area (Å²) in [4.78, 5) is 33.6. The molecule has 8 N–H and O–H groups in total. The predicted molar refractivity (Wildman–Crippen MR) is 163 cm³/mol. The Hall–Kier alpha value is -4.62. The number of carbonyl (C=O) groups is 1. The van der Waals surface area contributed by atoms with Crippen molar-refractivity contribution in [1.82, 2.24) is 25.5 Å². The number of carbonyl (C=O) groups excluding carboxylic acids is 1. The van der Waals surface area contributed by atoms with Crippen LogP contribution < -0.4 is 42.6 Å². The Labute approximate surface area is 240 Å². The number of benzene rings is 2. The van der Waals surface area contributed by atoms with E-state index in [4.69, 9.17) is 21.6 Å². The monoisotopic (exact) mass is 575 g/mol. The zero-order valence-electron chi connectivity index (χ0n) is 22.5. The van der Waals surface area contributed by atoms with E-state index in [-0.39, 0.29) is 17.7 Å². The number of thiophene rings is 1. The summed E-state index contributed by atoms with van der Waals surface area (Å²) in [6.07, 6.45) is 1.59. The number of guanidine groups is 1. The van der Waals surface area contributed by atoms with Crippen LogP contribution >= 0.6 is 11.3 Å². The molecule has 12 nitrogen and oxygen atoms in total. The summed E-state index contributed by atoms with van der Waals surface area (Å²) in [5, 5.41) is 16.1. The number of nitrogens with one attached hydrogen (secondary N) is 4. The van der Waals surface area contributed by atoms with E-state index in [1.54, 1.807) is 6.07 Å². The van der Waals surface area contributed by atoms with Gasteiger partial charge in [-0.25, -0.2) is 4.98 Å². The molecule has 0 fully saturated rings. The number of para-hydroxylation sites is 1. The highest BCUT2D eigenvalue weighted by Gasteiger charge is 2.22. The van der Waals surface area contributed by atoms with Crippen molar-refractivity contribution in [3.05, 3.63) is 69.8 Å². The Kier molecular flexibility index (Phi) is 8.65. The zero-order valence-corrected chi connectivity index (χ0v) is 23.3. The average Bonchev–Trinajstić information content (AvgIpc) is 3.40. The zero-order chi connectivity index (χ0) is 28.8. The summed E-state index contributed by atoms with van der Waals surface area (Å²) in [5.74, 6) is 0.327. The van der Waals surface area contributed by atoms with Crippen molar-refractivity contribution < 1.29 is 9.53 Å². The summed E-state index contributed by atoms with van der Waals surface area (Å²) in [5.41, 5.74) is 13.8. The van der Waals surface area contributed by atoms with E-state index >= 15 is 0 Å². The minimum Gasteiger partial charge on any atom is -0.490 e. The predicted octanol–water partition coefficient (Wildman–Crippen LogP) is 2.14. The quantitative estimate of drug-likeness (QED) is 0.0889. The van der Waals surface area contributed by atoms with Gasteiger partial charge in [0, 0.05) is 18.8 Å². The van der Waals surface area contributed by atoms with Crippen LogP contribution in [0, 0.1) is 5.41 Å². The number of fused-ring (bicyclic) bond motifs is 2. The smallest absolute Gasteiger partial charge is 0.298 e. The second kappa shape index (κ2) is 12.7. The summed E-state index contributed by atoms with van der Waals surface area (Å²) in [6.45, 7) is 3.87. The normalized spacial score (nSPS) is 12.5. The molecule has 2 aromatic heterocycles. The van der Waals surface area contributed by atoms with Gasteiger partial charge in [-0.1, -0.05) is 18.2 Å². The highest BCUT2D eigenvalue weighted by molar-refractivity contribution is 7.20. The van der Waals surface area contributed by atoms with Gasteiger partial charge in [-0.15, -0.1) is 11.3 Å². The Balaban J connectivity index is 1.32. The summed E-state index contributed by atoms with van der Waals surface area (Å²) < 4.78 is 7.40. The maximum absolute atomic E-state index is 13.3. The molecule has 0 unspecified atom stereocenters. The first-order chi connectivity index (χ1) is 19.9. The molecule has 0 saturated heterocycles. The maximum atomic E-state index is 13.3. The highest BCUT2D eigenvalue weighted by Crippen LogP contribution is 2.38. The van der Waals surface area contributed by atoms with Gasteiger partial charge in [-0.2, -0.15) is 0 Å². The van der Waals surface area contributed by atoms with Gasteiger partial charge in [-0.3, -0.25) is 19.6 Å². The molecule has 4 aromatic rings. The minimum atomic E-state index is -0.449. The lowest BCUT2D eigenvalue weighted by Crippen LogP contribution is -2.33. The van der Waals surface area contributed by atoms with Crippen LogP contribution in [0.1, 0.15) is 22.5 Å². The fourth-order valence-corrected chi connectivity index (χ4v) is 5.59. The fraction of sp³-hybridized carbons (Fsp3) is 0.286. The average molecular weight is 576 g/mol. The number of nitrogens with two attached hydrogens (primary N) is 2. The number of hydrogen-bond acceptors (Lipinski definition) is 9. The first kappa shape index (κ1) is 27.9. The van der Waals surface area contributed by atoms with Crippen molar-refractivity contribution in [2.24, 2.45) is 5.73 Å². The van der Waals surface area contributed by atoms with Gasteiger partial charge in [0.2, 0.25) is 0 Å². The molecular weight excluding hydrogens is 542 g/mol. The van der Waals surface area contributed by atoms with Crippen molar-refractivity contribution in [2.75, 3.05) is 50.0 Å². The topological polar surface area (TPSA) is 176 Å². The number of ether oxygens (including phenoxy) is 1. The van der Waals surface area contributed by atoms with Gasteiger partial charge >= 0.3 is 0 Å². The molecule has 0 spiro atoms.